The number of hydrogen-bond donors (Lipinski definition) is 0. The molecule has 0 aromatic carbocycles. The maximum atomic E-state index is 12.0. The fraction of sp³-hybridized carbons (Fsp3) is 0.636. The summed E-state index contributed by atoms with van der Waals surface area (Å²) in [7, 11) is 0. The molecular formula is C11H16N2O4. The minimum absolute atomic E-state index is 0.225. The van der Waals surface area contributed by atoms with Gasteiger partial charge in [0.1, 0.15) is 12.6 Å². The highest BCUT2D eigenvalue weighted by Crippen LogP contribution is 2.19. The summed E-state index contributed by atoms with van der Waals surface area (Å²) in [5, 5.41) is 0. The van der Waals surface area contributed by atoms with Gasteiger partial charge in [0.05, 0.1) is 0 Å². The Bertz CT molecular complexity index is 389. The van der Waals surface area contributed by atoms with Gasteiger partial charge in [-0.15, -0.1) is 0 Å². The second-order valence-corrected chi connectivity index (χ2v) is 4.42. The van der Waals surface area contributed by atoms with Gasteiger partial charge in [0.25, 0.3) is 5.91 Å². The molecule has 94 valence electrons. The van der Waals surface area contributed by atoms with E-state index in [9.17, 15) is 19.2 Å². The summed E-state index contributed by atoms with van der Waals surface area (Å²) in [6, 6.07) is -0.877. The van der Waals surface area contributed by atoms with E-state index in [-0.39, 0.29) is 12.5 Å². The van der Waals surface area contributed by atoms with Gasteiger partial charge >= 0.3 is 0 Å². The number of piperazine rings is 1. The third-order valence-electron chi connectivity index (χ3n) is 2.71. The van der Waals surface area contributed by atoms with Crippen LogP contribution in [0.1, 0.15) is 27.7 Å². The Morgan fingerprint density at radius 1 is 1.18 bits per heavy atom. The van der Waals surface area contributed by atoms with E-state index in [0.717, 1.165) is 9.80 Å². The SMILES string of the molecule is CC(=O)N1CC(=O)N(C(C)=O)[C@@H](C(C)C)C1=O. The number of hydrogen-bond acceptors (Lipinski definition) is 4. The largest absolute Gasteiger partial charge is 0.275 e. The summed E-state index contributed by atoms with van der Waals surface area (Å²) in [5.41, 5.74) is 0. The monoisotopic (exact) mass is 240 g/mol. The fourth-order valence-electron chi connectivity index (χ4n) is 1.94. The maximum Gasteiger partial charge on any atom is 0.253 e. The minimum Gasteiger partial charge on any atom is -0.275 e. The van der Waals surface area contributed by atoms with Crippen molar-refractivity contribution in [3.63, 3.8) is 0 Å². The van der Waals surface area contributed by atoms with E-state index in [0.29, 0.717) is 0 Å². The van der Waals surface area contributed by atoms with Crippen LogP contribution in [-0.4, -0.2) is 46.0 Å². The summed E-state index contributed by atoms with van der Waals surface area (Å²) >= 11 is 0. The molecular weight excluding hydrogens is 224 g/mol. The first-order chi connectivity index (χ1) is 7.77. The summed E-state index contributed by atoms with van der Waals surface area (Å²) in [5.74, 6) is -2.16. The second-order valence-electron chi connectivity index (χ2n) is 4.42. The predicted octanol–water partition coefficient (Wildman–Crippen LogP) is -0.225. The lowest BCUT2D eigenvalue weighted by molar-refractivity contribution is -0.167. The van der Waals surface area contributed by atoms with Gasteiger partial charge in [-0.2, -0.15) is 0 Å². The van der Waals surface area contributed by atoms with Crippen molar-refractivity contribution in [1.29, 1.82) is 0 Å². The van der Waals surface area contributed by atoms with Crippen LogP contribution in [0.15, 0.2) is 0 Å². The van der Waals surface area contributed by atoms with Crippen molar-refractivity contribution in [2.24, 2.45) is 5.92 Å². The molecule has 4 amide bonds. The van der Waals surface area contributed by atoms with Crippen LogP contribution in [0.4, 0.5) is 0 Å². The van der Waals surface area contributed by atoms with E-state index >= 15 is 0 Å². The zero-order valence-electron chi connectivity index (χ0n) is 10.4. The molecule has 0 bridgehead atoms. The Kier molecular flexibility index (Phi) is 3.65. The van der Waals surface area contributed by atoms with Gasteiger partial charge in [0.15, 0.2) is 0 Å². The highest BCUT2D eigenvalue weighted by atomic mass is 16.2. The zero-order valence-corrected chi connectivity index (χ0v) is 10.4. The Morgan fingerprint density at radius 3 is 2.06 bits per heavy atom. The highest BCUT2D eigenvalue weighted by molar-refractivity contribution is 6.09. The topological polar surface area (TPSA) is 74.8 Å². The van der Waals surface area contributed by atoms with E-state index < -0.39 is 29.7 Å². The molecule has 0 radical (unpaired) electrons. The molecule has 6 heteroatoms. The van der Waals surface area contributed by atoms with Gasteiger partial charge in [-0.1, -0.05) is 13.8 Å². The first kappa shape index (κ1) is 13.3. The van der Waals surface area contributed by atoms with Crippen molar-refractivity contribution in [2.75, 3.05) is 6.54 Å². The molecule has 0 aromatic heterocycles. The molecule has 0 unspecified atom stereocenters. The van der Waals surface area contributed by atoms with E-state index in [1.54, 1.807) is 13.8 Å². The molecule has 1 aliphatic heterocycles. The Labute approximate surface area is 99.5 Å². The van der Waals surface area contributed by atoms with E-state index in [1.165, 1.54) is 13.8 Å². The average molecular weight is 240 g/mol. The Morgan fingerprint density at radius 2 is 1.71 bits per heavy atom. The van der Waals surface area contributed by atoms with Gasteiger partial charge in [0, 0.05) is 13.8 Å². The number of rotatable bonds is 1. The van der Waals surface area contributed by atoms with Crippen molar-refractivity contribution < 1.29 is 19.2 Å². The molecule has 1 atom stereocenters. The van der Waals surface area contributed by atoms with Gasteiger partial charge in [-0.3, -0.25) is 29.0 Å². The smallest absolute Gasteiger partial charge is 0.253 e. The van der Waals surface area contributed by atoms with Crippen LogP contribution in [0.2, 0.25) is 0 Å². The summed E-state index contributed by atoms with van der Waals surface area (Å²) in [4.78, 5) is 48.3. The van der Waals surface area contributed by atoms with Gasteiger partial charge in [-0.05, 0) is 5.92 Å². The first-order valence-electron chi connectivity index (χ1n) is 5.42. The quantitative estimate of drug-likeness (QED) is 0.634. The van der Waals surface area contributed by atoms with E-state index in [1.807, 2.05) is 0 Å². The van der Waals surface area contributed by atoms with Crippen molar-refractivity contribution >= 4 is 23.6 Å². The summed E-state index contributed by atoms with van der Waals surface area (Å²) < 4.78 is 0. The summed E-state index contributed by atoms with van der Waals surface area (Å²) in [6.07, 6.45) is 0. The van der Waals surface area contributed by atoms with Crippen LogP contribution in [0.25, 0.3) is 0 Å². The number of nitrogens with zero attached hydrogens (tertiary/aromatic N) is 2. The van der Waals surface area contributed by atoms with Gasteiger partial charge in [-0.25, -0.2) is 0 Å². The van der Waals surface area contributed by atoms with Crippen molar-refractivity contribution in [3.8, 4) is 0 Å². The second kappa shape index (κ2) is 4.65. The molecule has 0 saturated carbocycles. The number of imide groups is 2. The van der Waals surface area contributed by atoms with Crippen molar-refractivity contribution in [2.45, 2.75) is 33.7 Å². The van der Waals surface area contributed by atoms with Gasteiger partial charge in [0.2, 0.25) is 17.7 Å². The first-order valence-corrected chi connectivity index (χ1v) is 5.42. The maximum absolute atomic E-state index is 12.0. The molecule has 1 saturated heterocycles. The van der Waals surface area contributed by atoms with Gasteiger partial charge < -0.3 is 0 Å². The molecule has 0 aliphatic carbocycles. The van der Waals surface area contributed by atoms with Crippen LogP contribution >= 0.6 is 0 Å². The van der Waals surface area contributed by atoms with E-state index in [4.69, 9.17) is 0 Å². The molecule has 1 fully saturated rings. The van der Waals surface area contributed by atoms with Crippen LogP contribution in [0, 0.1) is 5.92 Å². The minimum atomic E-state index is -0.877. The van der Waals surface area contributed by atoms with Crippen molar-refractivity contribution in [1.82, 2.24) is 9.80 Å². The van der Waals surface area contributed by atoms with Crippen LogP contribution in [0.3, 0.4) is 0 Å². The molecule has 0 aromatic rings. The Hall–Kier alpha value is -1.72. The summed E-state index contributed by atoms with van der Waals surface area (Å²) in [6.45, 7) is 5.58. The van der Waals surface area contributed by atoms with Crippen LogP contribution in [0.5, 0.6) is 0 Å². The number of carbonyl (C=O) groups is 4. The lowest BCUT2D eigenvalue weighted by Crippen LogP contribution is -2.63. The molecule has 1 aliphatic rings. The molecule has 1 rings (SSSR count). The lowest BCUT2D eigenvalue weighted by atomic mass is 9.98. The highest BCUT2D eigenvalue weighted by Gasteiger charge is 2.44. The predicted molar refractivity (Wildman–Crippen MR) is 58.5 cm³/mol. The third-order valence-corrected chi connectivity index (χ3v) is 2.71. The molecule has 17 heavy (non-hydrogen) atoms. The molecule has 0 spiro atoms. The average Bonchev–Trinajstić information content (AvgIpc) is 2.18. The molecule has 0 N–H and O–H groups in total. The zero-order chi connectivity index (χ0) is 13.3. The fourth-order valence-corrected chi connectivity index (χ4v) is 1.94. The van der Waals surface area contributed by atoms with Crippen LogP contribution in [-0.2, 0) is 19.2 Å². The lowest BCUT2D eigenvalue weighted by Gasteiger charge is -2.39. The standard InChI is InChI=1S/C11H16N2O4/c1-6(2)10-11(17)12(7(3)14)5-9(16)13(10)8(4)15/h6,10H,5H2,1-4H3/t10-/m0/s1. The number of carbonyl (C=O) groups excluding carboxylic acids is 4. The number of amides is 4. The third kappa shape index (κ3) is 2.35. The molecule has 1 heterocycles. The van der Waals surface area contributed by atoms with Crippen molar-refractivity contribution in [3.05, 3.63) is 0 Å². The molecule has 6 nitrogen and oxygen atoms in total. The normalized spacial score (nSPS) is 21.1. The van der Waals surface area contributed by atoms with E-state index in [2.05, 4.69) is 0 Å². The van der Waals surface area contributed by atoms with Crippen LogP contribution < -0.4 is 0 Å². The Balaban J connectivity index is 3.14.